The minimum Gasteiger partial charge on any atom is -0.338 e. The molecule has 0 spiro atoms. The Kier molecular flexibility index (Phi) is 4.45. The average Bonchev–Trinajstić information content (AvgIpc) is 2.46. The molecule has 1 saturated heterocycles. The van der Waals surface area contributed by atoms with Gasteiger partial charge >= 0.3 is 0 Å². The summed E-state index contributed by atoms with van der Waals surface area (Å²) < 4.78 is 0. The van der Waals surface area contributed by atoms with Crippen LogP contribution in [-0.2, 0) is 4.79 Å². The first-order chi connectivity index (χ1) is 9.39. The average molecular weight is 275 g/mol. The monoisotopic (exact) mass is 275 g/mol. The van der Waals surface area contributed by atoms with Crippen LogP contribution in [-0.4, -0.2) is 47.4 Å². The molecule has 1 aromatic rings. The van der Waals surface area contributed by atoms with E-state index in [0.29, 0.717) is 0 Å². The van der Waals surface area contributed by atoms with Gasteiger partial charge in [-0.2, -0.15) is 0 Å². The minimum absolute atomic E-state index is 0.0322. The van der Waals surface area contributed by atoms with Gasteiger partial charge in [-0.25, -0.2) is 0 Å². The van der Waals surface area contributed by atoms with Crippen LogP contribution in [0.25, 0.3) is 0 Å². The summed E-state index contributed by atoms with van der Waals surface area (Å²) in [7, 11) is 0. The summed E-state index contributed by atoms with van der Waals surface area (Å²) in [6.07, 6.45) is 0. The highest BCUT2D eigenvalue weighted by molar-refractivity contribution is 5.83. The van der Waals surface area contributed by atoms with Crippen LogP contribution >= 0.6 is 0 Å². The number of nitrogens with zero attached hydrogens (tertiary/aromatic N) is 2. The number of piperazine rings is 1. The Balaban J connectivity index is 1.95. The van der Waals surface area contributed by atoms with E-state index in [1.54, 1.807) is 0 Å². The molecule has 0 aromatic heterocycles. The Bertz CT molecular complexity index is 445. The first-order valence-corrected chi connectivity index (χ1v) is 7.24. The van der Waals surface area contributed by atoms with E-state index in [-0.39, 0.29) is 11.4 Å². The Hall–Kier alpha value is -1.39. The number of amides is 1. The summed E-state index contributed by atoms with van der Waals surface area (Å²) in [5.74, 6) is 0.0322. The van der Waals surface area contributed by atoms with E-state index in [1.165, 1.54) is 0 Å². The van der Waals surface area contributed by atoms with Gasteiger partial charge in [0, 0.05) is 31.7 Å². The van der Waals surface area contributed by atoms with E-state index in [0.717, 1.165) is 31.7 Å². The molecule has 2 N–H and O–H groups in total. The third kappa shape index (κ3) is 3.38. The van der Waals surface area contributed by atoms with Crippen molar-refractivity contribution in [1.82, 2.24) is 9.80 Å². The number of hydrogen-bond donors (Lipinski definition) is 1. The van der Waals surface area contributed by atoms with Crippen LogP contribution in [0.3, 0.4) is 0 Å². The maximum atomic E-state index is 12.4. The third-order valence-corrected chi connectivity index (χ3v) is 3.96. The Morgan fingerprint density at radius 3 is 2.15 bits per heavy atom. The van der Waals surface area contributed by atoms with Gasteiger partial charge in [0.05, 0.1) is 0 Å². The zero-order chi connectivity index (χ0) is 14.8. The fraction of sp³-hybridized carbons (Fsp3) is 0.562. The van der Waals surface area contributed by atoms with Gasteiger partial charge in [0.15, 0.2) is 0 Å². The van der Waals surface area contributed by atoms with E-state index in [1.807, 2.05) is 35.2 Å². The molecule has 20 heavy (non-hydrogen) atoms. The lowest BCUT2D eigenvalue weighted by Crippen LogP contribution is -2.55. The summed E-state index contributed by atoms with van der Waals surface area (Å²) >= 11 is 0. The van der Waals surface area contributed by atoms with Crippen LogP contribution < -0.4 is 5.73 Å². The number of carbonyl (C=O) groups is 1. The Morgan fingerprint density at radius 2 is 1.65 bits per heavy atom. The van der Waals surface area contributed by atoms with Crippen LogP contribution in [0, 0.1) is 0 Å². The standard InChI is InChI=1S/C16H25N3O/c1-16(2,3)19-11-9-18(10-12-19)15(20)14(17)13-7-5-4-6-8-13/h4-8,14H,9-12,17H2,1-3H3/t14-/m1/s1. The summed E-state index contributed by atoms with van der Waals surface area (Å²) in [5, 5.41) is 0. The third-order valence-electron chi connectivity index (χ3n) is 3.96. The van der Waals surface area contributed by atoms with E-state index >= 15 is 0 Å². The normalized spacial score (nSPS) is 18.9. The molecule has 0 saturated carbocycles. The molecule has 110 valence electrons. The number of nitrogens with two attached hydrogens (primary N) is 1. The molecular formula is C16H25N3O. The highest BCUT2D eigenvalue weighted by atomic mass is 16.2. The summed E-state index contributed by atoms with van der Waals surface area (Å²) in [6, 6.07) is 9.04. The molecule has 0 radical (unpaired) electrons. The molecule has 4 nitrogen and oxygen atoms in total. The SMILES string of the molecule is CC(C)(C)N1CCN(C(=O)[C@H](N)c2ccccc2)CC1. The van der Waals surface area contributed by atoms with Crippen LogP contribution in [0.2, 0.25) is 0 Å². The van der Waals surface area contributed by atoms with Gasteiger partial charge in [-0.1, -0.05) is 30.3 Å². The second-order valence-electron chi connectivity index (χ2n) is 6.37. The van der Waals surface area contributed by atoms with Crippen molar-refractivity contribution in [1.29, 1.82) is 0 Å². The Morgan fingerprint density at radius 1 is 1.10 bits per heavy atom. The molecule has 1 fully saturated rings. The molecule has 0 bridgehead atoms. The lowest BCUT2D eigenvalue weighted by atomic mass is 10.0. The smallest absolute Gasteiger partial charge is 0.244 e. The fourth-order valence-corrected chi connectivity index (χ4v) is 2.60. The zero-order valence-electron chi connectivity index (χ0n) is 12.7. The molecule has 0 aliphatic carbocycles. The van der Waals surface area contributed by atoms with E-state index in [9.17, 15) is 4.79 Å². The minimum atomic E-state index is -0.544. The van der Waals surface area contributed by atoms with E-state index in [2.05, 4.69) is 25.7 Å². The molecule has 0 unspecified atom stereocenters. The van der Waals surface area contributed by atoms with Gasteiger partial charge in [0.1, 0.15) is 6.04 Å². The van der Waals surface area contributed by atoms with Crippen molar-refractivity contribution < 1.29 is 4.79 Å². The quantitative estimate of drug-likeness (QED) is 0.892. The van der Waals surface area contributed by atoms with Gasteiger partial charge in [-0.05, 0) is 26.3 Å². The van der Waals surface area contributed by atoms with Crippen LogP contribution in [0.15, 0.2) is 30.3 Å². The lowest BCUT2D eigenvalue weighted by Gasteiger charge is -2.42. The van der Waals surface area contributed by atoms with Crippen molar-refractivity contribution in [3.63, 3.8) is 0 Å². The van der Waals surface area contributed by atoms with Gasteiger partial charge in [0.25, 0.3) is 0 Å². The number of benzene rings is 1. The molecule has 1 amide bonds. The first-order valence-electron chi connectivity index (χ1n) is 7.24. The molecular weight excluding hydrogens is 250 g/mol. The molecule has 1 atom stereocenters. The van der Waals surface area contributed by atoms with Crippen molar-refractivity contribution in [2.45, 2.75) is 32.4 Å². The van der Waals surface area contributed by atoms with Crippen molar-refractivity contribution in [2.24, 2.45) is 5.73 Å². The van der Waals surface area contributed by atoms with Gasteiger partial charge in [0.2, 0.25) is 5.91 Å². The first kappa shape index (κ1) is 15.0. The predicted octanol–water partition coefficient (Wildman–Crippen LogP) is 1.63. The highest BCUT2D eigenvalue weighted by Gasteiger charge is 2.30. The number of hydrogen-bond acceptors (Lipinski definition) is 3. The van der Waals surface area contributed by atoms with Crippen LogP contribution in [0.5, 0.6) is 0 Å². The van der Waals surface area contributed by atoms with Crippen molar-refractivity contribution in [3.8, 4) is 0 Å². The van der Waals surface area contributed by atoms with E-state index < -0.39 is 6.04 Å². The maximum Gasteiger partial charge on any atom is 0.244 e. The second kappa shape index (κ2) is 5.94. The van der Waals surface area contributed by atoms with Crippen LogP contribution in [0.4, 0.5) is 0 Å². The predicted molar refractivity (Wildman–Crippen MR) is 81.3 cm³/mol. The molecule has 4 heteroatoms. The summed E-state index contributed by atoms with van der Waals surface area (Å²) in [6.45, 7) is 9.97. The molecule has 1 aliphatic rings. The van der Waals surface area contributed by atoms with Gasteiger partial charge in [-0.15, -0.1) is 0 Å². The summed E-state index contributed by atoms with van der Waals surface area (Å²) in [4.78, 5) is 16.7. The van der Waals surface area contributed by atoms with E-state index in [4.69, 9.17) is 5.73 Å². The number of carbonyl (C=O) groups excluding carboxylic acids is 1. The van der Waals surface area contributed by atoms with Gasteiger partial charge in [-0.3, -0.25) is 9.69 Å². The topological polar surface area (TPSA) is 49.6 Å². The second-order valence-corrected chi connectivity index (χ2v) is 6.37. The zero-order valence-corrected chi connectivity index (χ0v) is 12.7. The molecule has 2 rings (SSSR count). The van der Waals surface area contributed by atoms with Crippen LogP contribution in [0.1, 0.15) is 32.4 Å². The van der Waals surface area contributed by atoms with Crippen molar-refractivity contribution in [2.75, 3.05) is 26.2 Å². The Labute approximate surface area is 121 Å². The summed E-state index contributed by atoms with van der Waals surface area (Å²) in [5.41, 5.74) is 7.13. The van der Waals surface area contributed by atoms with Crippen molar-refractivity contribution >= 4 is 5.91 Å². The lowest BCUT2D eigenvalue weighted by molar-refractivity contribution is -0.135. The number of rotatable bonds is 2. The molecule has 1 aromatic carbocycles. The molecule has 1 aliphatic heterocycles. The largest absolute Gasteiger partial charge is 0.338 e. The highest BCUT2D eigenvalue weighted by Crippen LogP contribution is 2.18. The maximum absolute atomic E-state index is 12.4. The fourth-order valence-electron chi connectivity index (χ4n) is 2.60. The van der Waals surface area contributed by atoms with Crippen molar-refractivity contribution in [3.05, 3.63) is 35.9 Å². The van der Waals surface area contributed by atoms with Gasteiger partial charge < -0.3 is 10.6 Å². The molecule has 1 heterocycles.